The molecule has 2 aromatic heterocycles. The number of carbonyl (C=O) groups is 2. The summed E-state index contributed by atoms with van der Waals surface area (Å²) in [7, 11) is 0. The minimum absolute atomic E-state index is 0.178. The van der Waals surface area contributed by atoms with Crippen LogP contribution < -0.4 is 0 Å². The van der Waals surface area contributed by atoms with Crippen LogP contribution in [0, 0.1) is 0 Å². The predicted molar refractivity (Wildman–Crippen MR) is 66.5 cm³/mol. The summed E-state index contributed by atoms with van der Waals surface area (Å²) in [5, 5.41) is 0.617. The molecule has 18 heavy (non-hydrogen) atoms. The van der Waals surface area contributed by atoms with Gasteiger partial charge in [-0.1, -0.05) is 11.6 Å². The molecule has 0 spiro atoms. The van der Waals surface area contributed by atoms with Crippen molar-refractivity contribution in [3.8, 4) is 0 Å². The van der Waals surface area contributed by atoms with Gasteiger partial charge in [0.1, 0.15) is 0 Å². The Morgan fingerprint density at radius 3 is 3.00 bits per heavy atom. The van der Waals surface area contributed by atoms with Gasteiger partial charge in [-0.25, -0.2) is 9.69 Å². The number of amides is 2. The Hall–Kier alpha value is -1.66. The van der Waals surface area contributed by atoms with Crippen molar-refractivity contribution in [2.75, 3.05) is 6.61 Å². The molecule has 1 aliphatic rings. The molecule has 0 atom stereocenters. The monoisotopic (exact) mass is 282 g/mol. The lowest BCUT2D eigenvalue weighted by molar-refractivity contribution is -0.126. The van der Waals surface area contributed by atoms with Crippen LogP contribution in [-0.2, 0) is 16.1 Å². The molecule has 3 rings (SSSR count). The molecule has 0 aliphatic carbocycles. The standard InChI is InChI=1S/C11H7ClN2O3S/c12-7-1-2-13-8-3-6(18-10(7)8)4-14-9(15)5-17-11(14)16/h1-3H,4-5H2. The van der Waals surface area contributed by atoms with Gasteiger partial charge in [-0.3, -0.25) is 9.78 Å². The van der Waals surface area contributed by atoms with Crippen LogP contribution in [0.4, 0.5) is 4.79 Å². The average Bonchev–Trinajstić information content (AvgIpc) is 2.89. The van der Waals surface area contributed by atoms with Crippen molar-refractivity contribution >= 4 is 45.2 Å². The summed E-state index contributed by atoms with van der Waals surface area (Å²) in [6.07, 6.45) is 1.02. The number of aromatic nitrogens is 1. The van der Waals surface area contributed by atoms with Gasteiger partial charge in [0.25, 0.3) is 5.91 Å². The van der Waals surface area contributed by atoms with Crippen molar-refractivity contribution < 1.29 is 14.3 Å². The number of carbonyl (C=O) groups excluding carboxylic acids is 2. The summed E-state index contributed by atoms with van der Waals surface area (Å²) in [6, 6.07) is 3.53. The van der Waals surface area contributed by atoms with Gasteiger partial charge < -0.3 is 4.74 Å². The van der Waals surface area contributed by atoms with Crippen molar-refractivity contribution in [3.63, 3.8) is 0 Å². The summed E-state index contributed by atoms with van der Waals surface area (Å²) >= 11 is 7.46. The van der Waals surface area contributed by atoms with E-state index in [1.807, 2.05) is 6.07 Å². The van der Waals surface area contributed by atoms with Gasteiger partial charge in [0.05, 0.1) is 21.8 Å². The van der Waals surface area contributed by atoms with E-state index in [1.165, 1.54) is 11.3 Å². The van der Waals surface area contributed by atoms with Crippen LogP contribution in [0.1, 0.15) is 4.88 Å². The molecule has 1 saturated heterocycles. The molecule has 92 valence electrons. The highest BCUT2D eigenvalue weighted by molar-refractivity contribution is 7.19. The zero-order chi connectivity index (χ0) is 12.7. The maximum Gasteiger partial charge on any atom is 0.417 e. The average molecular weight is 283 g/mol. The van der Waals surface area contributed by atoms with Gasteiger partial charge in [-0.2, -0.15) is 0 Å². The highest BCUT2D eigenvalue weighted by Gasteiger charge is 2.31. The van der Waals surface area contributed by atoms with E-state index in [0.29, 0.717) is 5.02 Å². The van der Waals surface area contributed by atoms with E-state index >= 15 is 0 Å². The second-order valence-corrected chi connectivity index (χ2v) is 5.30. The predicted octanol–water partition coefficient (Wildman–Crippen LogP) is 2.43. The molecule has 2 aromatic rings. The fraction of sp³-hybridized carbons (Fsp3) is 0.182. The number of hydrogen-bond donors (Lipinski definition) is 0. The van der Waals surface area contributed by atoms with Crippen LogP contribution in [0.2, 0.25) is 5.02 Å². The zero-order valence-electron chi connectivity index (χ0n) is 9.05. The second-order valence-electron chi connectivity index (χ2n) is 3.75. The molecule has 0 radical (unpaired) electrons. The lowest BCUT2D eigenvalue weighted by atomic mass is 10.3. The van der Waals surface area contributed by atoms with Gasteiger partial charge >= 0.3 is 6.09 Å². The lowest BCUT2D eigenvalue weighted by Gasteiger charge is -2.07. The van der Waals surface area contributed by atoms with Crippen LogP contribution in [0.15, 0.2) is 18.3 Å². The number of cyclic esters (lactones) is 1. The fourth-order valence-corrected chi connectivity index (χ4v) is 3.00. The van der Waals surface area contributed by atoms with Gasteiger partial charge in [-0.05, 0) is 12.1 Å². The number of ether oxygens (including phenoxy) is 1. The largest absolute Gasteiger partial charge is 0.439 e. The van der Waals surface area contributed by atoms with E-state index in [9.17, 15) is 9.59 Å². The number of nitrogens with zero attached hydrogens (tertiary/aromatic N) is 2. The van der Waals surface area contributed by atoms with Gasteiger partial charge in [0.15, 0.2) is 6.61 Å². The molecule has 7 heteroatoms. The van der Waals surface area contributed by atoms with Crippen molar-refractivity contribution in [3.05, 3.63) is 28.2 Å². The molecule has 0 N–H and O–H groups in total. The Balaban J connectivity index is 1.93. The van der Waals surface area contributed by atoms with Crippen LogP contribution in [0.3, 0.4) is 0 Å². The third kappa shape index (κ3) is 1.83. The van der Waals surface area contributed by atoms with Gasteiger partial charge in [-0.15, -0.1) is 11.3 Å². The number of hydrogen-bond acceptors (Lipinski definition) is 5. The Bertz CT molecular complexity index is 639. The van der Waals surface area contributed by atoms with Crippen molar-refractivity contribution in [2.45, 2.75) is 6.54 Å². The Labute approximate surface area is 111 Å². The normalized spacial score (nSPS) is 15.5. The maximum absolute atomic E-state index is 11.4. The highest BCUT2D eigenvalue weighted by Crippen LogP contribution is 2.31. The Kier molecular flexibility index (Phi) is 2.68. The summed E-state index contributed by atoms with van der Waals surface area (Å²) < 4.78 is 5.50. The molecule has 1 fully saturated rings. The first kappa shape index (κ1) is 11.4. The van der Waals surface area contributed by atoms with Crippen LogP contribution in [0.5, 0.6) is 0 Å². The van der Waals surface area contributed by atoms with Crippen LogP contribution in [-0.4, -0.2) is 28.5 Å². The lowest BCUT2D eigenvalue weighted by Crippen LogP contribution is -2.27. The Morgan fingerprint density at radius 2 is 2.33 bits per heavy atom. The first-order valence-corrected chi connectivity index (χ1v) is 6.34. The molecule has 1 aliphatic heterocycles. The van der Waals surface area contributed by atoms with E-state index in [1.54, 1.807) is 12.3 Å². The SMILES string of the molecule is O=C1COC(=O)N1Cc1cc2nccc(Cl)c2s1. The summed E-state index contributed by atoms with van der Waals surface area (Å²) in [5.74, 6) is -0.323. The summed E-state index contributed by atoms with van der Waals surface area (Å²) in [6.45, 7) is 0.0256. The smallest absolute Gasteiger partial charge is 0.417 e. The van der Waals surface area contributed by atoms with E-state index < -0.39 is 6.09 Å². The molecule has 0 saturated carbocycles. The van der Waals surface area contributed by atoms with E-state index in [4.69, 9.17) is 11.6 Å². The summed E-state index contributed by atoms with van der Waals surface area (Å²) in [5.41, 5.74) is 0.766. The number of rotatable bonds is 2. The van der Waals surface area contributed by atoms with E-state index in [0.717, 1.165) is 20.0 Å². The van der Waals surface area contributed by atoms with Crippen molar-refractivity contribution in [1.82, 2.24) is 9.88 Å². The number of fused-ring (bicyclic) bond motifs is 1. The maximum atomic E-state index is 11.4. The number of pyridine rings is 1. The van der Waals surface area contributed by atoms with Crippen molar-refractivity contribution in [2.24, 2.45) is 0 Å². The van der Waals surface area contributed by atoms with Gasteiger partial charge in [0.2, 0.25) is 0 Å². The molecule has 5 nitrogen and oxygen atoms in total. The second kappa shape index (κ2) is 4.22. The van der Waals surface area contributed by atoms with E-state index in [-0.39, 0.29) is 19.1 Å². The molecule has 0 bridgehead atoms. The molecular formula is C11H7ClN2O3S. The minimum atomic E-state index is -0.600. The minimum Gasteiger partial charge on any atom is -0.439 e. The topological polar surface area (TPSA) is 59.5 Å². The highest BCUT2D eigenvalue weighted by atomic mass is 35.5. The van der Waals surface area contributed by atoms with Crippen LogP contribution >= 0.6 is 22.9 Å². The van der Waals surface area contributed by atoms with E-state index in [2.05, 4.69) is 9.72 Å². The zero-order valence-corrected chi connectivity index (χ0v) is 10.6. The molecule has 0 aromatic carbocycles. The quantitative estimate of drug-likeness (QED) is 0.849. The first-order valence-electron chi connectivity index (χ1n) is 5.15. The molecule has 0 unspecified atom stereocenters. The van der Waals surface area contributed by atoms with Crippen LogP contribution in [0.25, 0.3) is 10.2 Å². The van der Waals surface area contributed by atoms with Crippen molar-refractivity contribution in [1.29, 1.82) is 0 Å². The fourth-order valence-electron chi connectivity index (χ4n) is 1.72. The number of halogens is 1. The first-order chi connectivity index (χ1) is 8.65. The molecular weight excluding hydrogens is 276 g/mol. The number of thiophene rings is 1. The molecule has 2 amide bonds. The third-order valence-corrected chi connectivity index (χ3v) is 4.14. The molecule has 3 heterocycles. The summed E-state index contributed by atoms with van der Waals surface area (Å²) in [4.78, 5) is 28.8. The third-order valence-electron chi connectivity index (χ3n) is 2.57. The van der Waals surface area contributed by atoms with Gasteiger partial charge in [0, 0.05) is 11.1 Å². The number of imide groups is 1. The Morgan fingerprint density at radius 1 is 1.50 bits per heavy atom.